The normalized spacial score (nSPS) is 17.5. The summed E-state index contributed by atoms with van der Waals surface area (Å²) in [5.74, 6) is 1.47. The Labute approximate surface area is 177 Å². The van der Waals surface area contributed by atoms with Crippen molar-refractivity contribution in [3.63, 3.8) is 0 Å². The number of hydrogen-bond acceptors (Lipinski definition) is 9. The number of aliphatic hydroxyl groups is 1. The molecule has 5 rings (SSSR count). The van der Waals surface area contributed by atoms with Gasteiger partial charge < -0.3 is 20.3 Å². The van der Waals surface area contributed by atoms with Gasteiger partial charge >= 0.3 is 0 Å². The number of nitrogens with two attached hydrogens (primary N) is 1. The van der Waals surface area contributed by atoms with Crippen LogP contribution in [-0.4, -0.2) is 33.9 Å². The first-order valence-corrected chi connectivity index (χ1v) is 10.5. The second kappa shape index (κ2) is 7.26. The second-order valence-corrected chi connectivity index (χ2v) is 8.46. The minimum atomic E-state index is -0.144. The van der Waals surface area contributed by atoms with Crippen molar-refractivity contribution in [1.29, 1.82) is 0 Å². The molecule has 3 N–H and O–H groups in total. The molecule has 2 aromatic carbocycles. The van der Waals surface area contributed by atoms with Crippen LogP contribution in [0.4, 0.5) is 10.8 Å². The van der Waals surface area contributed by atoms with Crippen molar-refractivity contribution in [1.82, 2.24) is 10.2 Å². The summed E-state index contributed by atoms with van der Waals surface area (Å²) in [6, 6.07) is 9.97. The zero-order valence-corrected chi connectivity index (χ0v) is 17.4. The molecule has 2 aliphatic heterocycles. The standard InChI is InChI=1S/C21H21N5O3S/c1-11-5-13(3-4-16(11)22)20-15-8-18-17(28-10-29-18)7-14(15)6-12(2)26(25-20)21-24-23-19(9-27)30-21/h3-5,7-8,12,27H,6,9-10,22H2,1-2H3/t12-/m1/s1. The van der Waals surface area contributed by atoms with E-state index in [1.54, 1.807) is 0 Å². The highest BCUT2D eigenvalue weighted by atomic mass is 32.1. The lowest BCUT2D eigenvalue weighted by Gasteiger charge is -2.22. The van der Waals surface area contributed by atoms with Crippen LogP contribution in [0, 0.1) is 6.92 Å². The van der Waals surface area contributed by atoms with E-state index in [-0.39, 0.29) is 19.4 Å². The number of fused-ring (bicyclic) bond motifs is 2. The van der Waals surface area contributed by atoms with Crippen LogP contribution in [0.15, 0.2) is 35.4 Å². The van der Waals surface area contributed by atoms with Crippen molar-refractivity contribution in [2.45, 2.75) is 32.9 Å². The molecule has 154 valence electrons. The Bertz CT molecular complexity index is 1160. The van der Waals surface area contributed by atoms with Crippen molar-refractivity contribution in [3.05, 3.63) is 57.6 Å². The van der Waals surface area contributed by atoms with Crippen LogP contribution in [0.5, 0.6) is 11.5 Å². The van der Waals surface area contributed by atoms with E-state index in [9.17, 15) is 5.11 Å². The van der Waals surface area contributed by atoms with E-state index >= 15 is 0 Å². The highest BCUT2D eigenvalue weighted by Gasteiger charge is 2.29. The van der Waals surface area contributed by atoms with E-state index in [2.05, 4.69) is 17.1 Å². The van der Waals surface area contributed by atoms with Gasteiger partial charge in [0.25, 0.3) is 0 Å². The van der Waals surface area contributed by atoms with Crippen LogP contribution in [0.1, 0.15) is 34.2 Å². The number of ether oxygens (including phenoxy) is 2. The number of nitrogen functional groups attached to an aromatic ring is 1. The Morgan fingerprint density at radius 1 is 1.20 bits per heavy atom. The van der Waals surface area contributed by atoms with Gasteiger partial charge in [-0.3, -0.25) is 0 Å². The highest BCUT2D eigenvalue weighted by molar-refractivity contribution is 7.15. The number of benzene rings is 2. The van der Waals surface area contributed by atoms with Gasteiger partial charge in [-0.15, -0.1) is 10.2 Å². The van der Waals surface area contributed by atoms with Gasteiger partial charge in [-0.05, 0) is 55.7 Å². The van der Waals surface area contributed by atoms with Crippen molar-refractivity contribution in [3.8, 4) is 11.5 Å². The molecule has 2 aliphatic rings. The Morgan fingerprint density at radius 3 is 2.73 bits per heavy atom. The van der Waals surface area contributed by atoms with E-state index in [0.717, 1.165) is 45.8 Å². The average molecular weight is 423 g/mol. The smallest absolute Gasteiger partial charge is 0.231 e. The molecule has 0 amide bonds. The molecule has 0 unspecified atom stereocenters. The quantitative estimate of drug-likeness (QED) is 0.624. The molecule has 0 saturated heterocycles. The van der Waals surface area contributed by atoms with Gasteiger partial charge in [0.1, 0.15) is 5.01 Å². The predicted molar refractivity (Wildman–Crippen MR) is 115 cm³/mol. The fourth-order valence-electron chi connectivity index (χ4n) is 3.71. The van der Waals surface area contributed by atoms with Gasteiger partial charge in [0.2, 0.25) is 11.9 Å². The Kier molecular flexibility index (Phi) is 4.56. The molecule has 0 spiro atoms. The average Bonchev–Trinajstić information content (AvgIpc) is 3.36. The molecule has 1 aromatic heterocycles. The first-order chi connectivity index (χ1) is 14.5. The number of aliphatic hydroxyl groups excluding tert-OH is 1. The monoisotopic (exact) mass is 423 g/mol. The fourth-order valence-corrected chi connectivity index (χ4v) is 4.46. The summed E-state index contributed by atoms with van der Waals surface area (Å²) >= 11 is 1.33. The zero-order chi connectivity index (χ0) is 20.8. The van der Waals surface area contributed by atoms with Crippen molar-refractivity contribution in [2.24, 2.45) is 5.10 Å². The molecule has 0 radical (unpaired) electrons. The maximum atomic E-state index is 9.41. The van der Waals surface area contributed by atoms with Crippen molar-refractivity contribution >= 4 is 27.9 Å². The number of nitrogens with zero attached hydrogens (tertiary/aromatic N) is 4. The maximum absolute atomic E-state index is 9.41. The Morgan fingerprint density at radius 2 is 2.00 bits per heavy atom. The molecule has 0 bridgehead atoms. The first kappa shape index (κ1) is 18.8. The van der Waals surface area contributed by atoms with Crippen LogP contribution >= 0.6 is 11.3 Å². The van der Waals surface area contributed by atoms with Gasteiger partial charge in [0.05, 0.1) is 18.4 Å². The molecule has 0 saturated carbocycles. The van der Waals surface area contributed by atoms with Gasteiger partial charge in [-0.2, -0.15) is 5.10 Å². The number of aryl methyl sites for hydroxylation is 1. The van der Waals surface area contributed by atoms with E-state index in [0.29, 0.717) is 15.9 Å². The third kappa shape index (κ3) is 3.16. The maximum Gasteiger partial charge on any atom is 0.231 e. The highest BCUT2D eigenvalue weighted by Crippen LogP contribution is 2.38. The van der Waals surface area contributed by atoms with Crippen LogP contribution in [-0.2, 0) is 13.0 Å². The molecule has 0 aliphatic carbocycles. The molecule has 3 heterocycles. The number of anilines is 2. The van der Waals surface area contributed by atoms with E-state index < -0.39 is 0 Å². The van der Waals surface area contributed by atoms with E-state index in [1.807, 2.05) is 42.3 Å². The molecular formula is C21H21N5O3S. The molecule has 3 aromatic rings. The summed E-state index contributed by atoms with van der Waals surface area (Å²) in [6.45, 7) is 4.15. The summed E-state index contributed by atoms with van der Waals surface area (Å²) in [6.07, 6.45) is 0.737. The second-order valence-electron chi connectivity index (χ2n) is 7.42. The molecular weight excluding hydrogens is 402 g/mol. The van der Waals surface area contributed by atoms with Gasteiger partial charge in [0, 0.05) is 16.8 Å². The molecule has 8 nitrogen and oxygen atoms in total. The molecule has 9 heteroatoms. The van der Waals surface area contributed by atoms with Crippen LogP contribution in [0.25, 0.3) is 0 Å². The molecule has 1 atom stereocenters. The van der Waals surface area contributed by atoms with Crippen molar-refractivity contribution in [2.75, 3.05) is 17.5 Å². The first-order valence-electron chi connectivity index (χ1n) is 9.64. The van der Waals surface area contributed by atoms with E-state index in [4.69, 9.17) is 20.3 Å². The largest absolute Gasteiger partial charge is 0.454 e. The minimum absolute atomic E-state index is 0.0241. The Balaban J connectivity index is 1.70. The van der Waals surface area contributed by atoms with Crippen LogP contribution < -0.4 is 20.2 Å². The van der Waals surface area contributed by atoms with Crippen LogP contribution in [0.3, 0.4) is 0 Å². The fraction of sp³-hybridized carbons (Fsp3) is 0.286. The van der Waals surface area contributed by atoms with Gasteiger partial charge in [-0.25, -0.2) is 5.01 Å². The topological polar surface area (TPSA) is 106 Å². The minimum Gasteiger partial charge on any atom is -0.454 e. The summed E-state index contributed by atoms with van der Waals surface area (Å²) < 4.78 is 11.2. The van der Waals surface area contributed by atoms with E-state index in [1.165, 1.54) is 11.3 Å². The lowest BCUT2D eigenvalue weighted by Crippen LogP contribution is -2.29. The zero-order valence-electron chi connectivity index (χ0n) is 16.6. The summed E-state index contributed by atoms with van der Waals surface area (Å²) in [5, 5.41) is 25.8. The van der Waals surface area contributed by atoms with Gasteiger partial charge in [0.15, 0.2) is 11.5 Å². The van der Waals surface area contributed by atoms with Gasteiger partial charge in [-0.1, -0.05) is 17.4 Å². The summed E-state index contributed by atoms with van der Waals surface area (Å²) in [5.41, 5.74) is 11.6. The number of hydrazone groups is 1. The summed E-state index contributed by atoms with van der Waals surface area (Å²) in [4.78, 5) is 0. The Hall–Kier alpha value is -3.17. The molecule has 0 fully saturated rings. The lowest BCUT2D eigenvalue weighted by atomic mass is 9.93. The number of aromatic nitrogens is 2. The number of hydrogen-bond donors (Lipinski definition) is 2. The predicted octanol–water partition coefficient (Wildman–Crippen LogP) is 2.85. The SMILES string of the molecule is Cc1cc(C2=NN(c3nnc(CO)s3)[C@H](C)Cc3cc4c(cc32)OCO4)ccc1N. The summed E-state index contributed by atoms with van der Waals surface area (Å²) in [7, 11) is 0. The number of rotatable bonds is 3. The third-order valence-corrected chi connectivity index (χ3v) is 6.22. The lowest BCUT2D eigenvalue weighted by molar-refractivity contribution is 0.174. The third-order valence-electron chi connectivity index (χ3n) is 5.32. The van der Waals surface area contributed by atoms with Crippen molar-refractivity contribution < 1.29 is 14.6 Å². The molecule has 30 heavy (non-hydrogen) atoms. The van der Waals surface area contributed by atoms with Crippen LogP contribution in [0.2, 0.25) is 0 Å².